The summed E-state index contributed by atoms with van der Waals surface area (Å²) in [6.45, 7) is 0. The predicted octanol–water partition coefficient (Wildman–Crippen LogP) is 2.18. The average molecular weight is 208 g/mol. The van der Waals surface area contributed by atoms with E-state index in [1.807, 2.05) is 0 Å². The van der Waals surface area contributed by atoms with Crippen LogP contribution in [0.15, 0.2) is 12.4 Å². The number of hydrogen-bond donors (Lipinski definition) is 2. The molecule has 0 amide bonds. The lowest BCUT2D eigenvalue weighted by Gasteiger charge is -2.09. The monoisotopic (exact) mass is 208 g/mol. The highest BCUT2D eigenvalue weighted by Crippen LogP contribution is 2.24. The van der Waals surface area contributed by atoms with Crippen LogP contribution in [-0.2, 0) is 0 Å². The summed E-state index contributed by atoms with van der Waals surface area (Å²) >= 11 is 0. The molecule has 1 rings (SSSR count). The maximum atomic E-state index is 11.7. The molecule has 1 unspecified atom stereocenters. The van der Waals surface area contributed by atoms with Crippen LogP contribution in [0.4, 0.5) is 13.2 Å². The zero-order valence-corrected chi connectivity index (χ0v) is 7.38. The third kappa shape index (κ3) is 3.78. The van der Waals surface area contributed by atoms with Gasteiger partial charge in [0.15, 0.2) is 0 Å². The summed E-state index contributed by atoms with van der Waals surface area (Å²) in [5.74, 6) is 0.312. The summed E-state index contributed by atoms with van der Waals surface area (Å²) in [5, 5.41) is 9.35. The van der Waals surface area contributed by atoms with Crippen LogP contribution in [-0.4, -0.2) is 21.3 Å². The van der Waals surface area contributed by atoms with Crippen molar-refractivity contribution < 1.29 is 18.3 Å². The zero-order chi connectivity index (χ0) is 10.6. The summed E-state index contributed by atoms with van der Waals surface area (Å²) in [6, 6.07) is 0. The van der Waals surface area contributed by atoms with Gasteiger partial charge in [0, 0.05) is 18.8 Å². The van der Waals surface area contributed by atoms with Gasteiger partial charge in [-0.2, -0.15) is 13.2 Å². The molecular formula is C8H11F3N2O. The molecule has 0 saturated heterocycles. The SMILES string of the molecule is OC(CCCC(F)(F)F)c1ncc[nH]1. The van der Waals surface area contributed by atoms with Gasteiger partial charge in [-0.25, -0.2) is 4.98 Å². The molecule has 0 radical (unpaired) electrons. The Morgan fingerprint density at radius 1 is 1.50 bits per heavy atom. The van der Waals surface area contributed by atoms with Crippen molar-refractivity contribution in [1.29, 1.82) is 0 Å². The van der Waals surface area contributed by atoms with Crippen molar-refractivity contribution in [1.82, 2.24) is 9.97 Å². The molecule has 2 N–H and O–H groups in total. The number of alkyl halides is 3. The maximum Gasteiger partial charge on any atom is 0.389 e. The van der Waals surface area contributed by atoms with E-state index < -0.39 is 18.7 Å². The first-order valence-corrected chi connectivity index (χ1v) is 4.23. The van der Waals surface area contributed by atoms with E-state index in [-0.39, 0.29) is 12.8 Å². The van der Waals surface area contributed by atoms with Crippen LogP contribution in [0.3, 0.4) is 0 Å². The van der Waals surface area contributed by atoms with E-state index in [1.54, 1.807) is 0 Å². The van der Waals surface area contributed by atoms with Crippen LogP contribution in [0.25, 0.3) is 0 Å². The van der Waals surface area contributed by atoms with E-state index >= 15 is 0 Å². The molecule has 0 aliphatic carbocycles. The van der Waals surface area contributed by atoms with Crippen LogP contribution in [0.1, 0.15) is 31.2 Å². The second-order valence-corrected chi connectivity index (χ2v) is 3.00. The first-order chi connectivity index (χ1) is 6.49. The Bertz CT molecular complexity index is 258. The number of aromatic nitrogens is 2. The van der Waals surface area contributed by atoms with Gasteiger partial charge in [0.2, 0.25) is 0 Å². The Morgan fingerprint density at radius 2 is 2.21 bits per heavy atom. The fourth-order valence-corrected chi connectivity index (χ4v) is 1.09. The van der Waals surface area contributed by atoms with Gasteiger partial charge >= 0.3 is 6.18 Å². The Balaban J connectivity index is 2.26. The van der Waals surface area contributed by atoms with Gasteiger partial charge in [-0.1, -0.05) is 0 Å². The van der Waals surface area contributed by atoms with E-state index in [4.69, 9.17) is 0 Å². The van der Waals surface area contributed by atoms with Crippen LogP contribution < -0.4 is 0 Å². The molecule has 0 spiro atoms. The van der Waals surface area contributed by atoms with E-state index in [0.717, 1.165) is 0 Å². The highest BCUT2D eigenvalue weighted by Gasteiger charge is 2.26. The van der Waals surface area contributed by atoms with Gasteiger partial charge in [-0.3, -0.25) is 0 Å². The Labute approximate surface area is 79.0 Å². The summed E-state index contributed by atoms with van der Waals surface area (Å²) in [4.78, 5) is 6.39. The lowest BCUT2D eigenvalue weighted by molar-refractivity contribution is -0.136. The van der Waals surface area contributed by atoms with E-state index in [1.165, 1.54) is 12.4 Å². The van der Waals surface area contributed by atoms with Gasteiger partial charge in [-0.15, -0.1) is 0 Å². The molecule has 0 bridgehead atoms. The van der Waals surface area contributed by atoms with Crippen molar-refractivity contribution in [3.05, 3.63) is 18.2 Å². The molecule has 0 aliphatic rings. The van der Waals surface area contributed by atoms with Gasteiger partial charge in [-0.05, 0) is 12.8 Å². The Kier molecular flexibility index (Phi) is 3.51. The van der Waals surface area contributed by atoms with Crippen molar-refractivity contribution in [2.75, 3.05) is 0 Å². The smallest absolute Gasteiger partial charge is 0.385 e. The van der Waals surface area contributed by atoms with E-state index in [2.05, 4.69) is 9.97 Å². The maximum absolute atomic E-state index is 11.7. The molecule has 6 heteroatoms. The summed E-state index contributed by atoms with van der Waals surface area (Å²) in [7, 11) is 0. The third-order valence-electron chi connectivity index (χ3n) is 1.77. The Hall–Kier alpha value is -1.04. The minimum absolute atomic E-state index is 0.0625. The molecule has 0 fully saturated rings. The molecule has 0 aliphatic heterocycles. The lowest BCUT2D eigenvalue weighted by Crippen LogP contribution is -2.08. The quantitative estimate of drug-likeness (QED) is 0.796. The van der Waals surface area contributed by atoms with Crippen molar-refractivity contribution >= 4 is 0 Å². The number of aliphatic hydroxyl groups is 1. The van der Waals surface area contributed by atoms with Crippen LogP contribution in [0.2, 0.25) is 0 Å². The largest absolute Gasteiger partial charge is 0.389 e. The number of nitrogens with one attached hydrogen (secondary N) is 1. The minimum atomic E-state index is -4.15. The zero-order valence-electron chi connectivity index (χ0n) is 7.38. The minimum Gasteiger partial charge on any atom is -0.385 e. The third-order valence-corrected chi connectivity index (χ3v) is 1.77. The molecule has 1 aromatic heterocycles. The fraction of sp³-hybridized carbons (Fsp3) is 0.625. The lowest BCUT2D eigenvalue weighted by atomic mass is 10.1. The molecule has 0 saturated carbocycles. The van der Waals surface area contributed by atoms with Crippen molar-refractivity contribution in [2.45, 2.75) is 31.5 Å². The first-order valence-electron chi connectivity index (χ1n) is 4.23. The number of imidazole rings is 1. The highest BCUT2D eigenvalue weighted by molar-refractivity contribution is 4.91. The molecule has 0 aromatic carbocycles. The number of nitrogens with zero attached hydrogens (tertiary/aromatic N) is 1. The number of halogens is 3. The summed E-state index contributed by atoms with van der Waals surface area (Å²) in [5.41, 5.74) is 0. The number of aliphatic hydroxyl groups excluding tert-OH is 1. The number of aromatic amines is 1. The average Bonchev–Trinajstić information content (AvgIpc) is 2.53. The topological polar surface area (TPSA) is 48.9 Å². The highest BCUT2D eigenvalue weighted by atomic mass is 19.4. The predicted molar refractivity (Wildman–Crippen MR) is 43.5 cm³/mol. The standard InChI is InChI=1S/C8H11F3N2O/c9-8(10,11)3-1-2-6(14)7-12-4-5-13-7/h4-6,14H,1-3H2,(H,12,13). The van der Waals surface area contributed by atoms with E-state index in [0.29, 0.717) is 5.82 Å². The van der Waals surface area contributed by atoms with Crippen LogP contribution in [0.5, 0.6) is 0 Å². The number of rotatable bonds is 4. The van der Waals surface area contributed by atoms with E-state index in [9.17, 15) is 18.3 Å². The van der Waals surface area contributed by atoms with Gasteiger partial charge in [0.25, 0.3) is 0 Å². The van der Waals surface area contributed by atoms with Gasteiger partial charge in [0.1, 0.15) is 11.9 Å². The Morgan fingerprint density at radius 3 is 2.71 bits per heavy atom. The van der Waals surface area contributed by atoms with Crippen molar-refractivity contribution in [2.24, 2.45) is 0 Å². The molecule has 1 aromatic rings. The summed E-state index contributed by atoms with van der Waals surface area (Å²) < 4.78 is 35.2. The number of H-pyrrole nitrogens is 1. The van der Waals surface area contributed by atoms with Crippen molar-refractivity contribution in [3.8, 4) is 0 Å². The fourth-order valence-electron chi connectivity index (χ4n) is 1.09. The molecular weight excluding hydrogens is 197 g/mol. The second kappa shape index (κ2) is 4.45. The molecule has 1 atom stereocenters. The molecule has 1 heterocycles. The summed E-state index contributed by atoms with van der Waals surface area (Å²) in [6.07, 6.45) is -3.02. The molecule has 14 heavy (non-hydrogen) atoms. The number of hydrogen-bond acceptors (Lipinski definition) is 2. The first kappa shape index (κ1) is 11.0. The van der Waals surface area contributed by atoms with Crippen LogP contribution in [0, 0.1) is 0 Å². The van der Waals surface area contributed by atoms with Crippen molar-refractivity contribution in [3.63, 3.8) is 0 Å². The van der Waals surface area contributed by atoms with Gasteiger partial charge in [0.05, 0.1) is 0 Å². The van der Waals surface area contributed by atoms with Gasteiger partial charge < -0.3 is 10.1 Å². The second-order valence-electron chi connectivity index (χ2n) is 3.00. The van der Waals surface area contributed by atoms with Crippen LogP contribution >= 0.6 is 0 Å². The molecule has 80 valence electrons. The normalized spacial score (nSPS) is 14.3. The molecule has 3 nitrogen and oxygen atoms in total.